The number of aliphatic hydroxyl groups is 1. The first-order valence-electron chi connectivity index (χ1n) is 8.49. The van der Waals surface area contributed by atoms with Crippen molar-refractivity contribution in [2.75, 3.05) is 0 Å². The van der Waals surface area contributed by atoms with Crippen molar-refractivity contribution in [2.45, 2.75) is 45.3 Å². The molecule has 2 unspecified atom stereocenters. The van der Waals surface area contributed by atoms with Gasteiger partial charge in [0.1, 0.15) is 11.9 Å². The molecule has 0 radical (unpaired) electrons. The van der Waals surface area contributed by atoms with Gasteiger partial charge in [-0.15, -0.1) is 0 Å². The predicted molar refractivity (Wildman–Crippen MR) is 89.9 cm³/mol. The molecule has 1 aromatic heterocycles. The summed E-state index contributed by atoms with van der Waals surface area (Å²) in [5.74, 6) is 1.45. The van der Waals surface area contributed by atoms with Crippen LogP contribution < -0.4 is 5.32 Å². The summed E-state index contributed by atoms with van der Waals surface area (Å²) in [6.07, 6.45) is 2.25. The largest absolute Gasteiger partial charge is 0.385 e. The van der Waals surface area contributed by atoms with E-state index in [1.165, 1.54) is 5.56 Å². The Kier molecular flexibility index (Phi) is 4.94. The van der Waals surface area contributed by atoms with Crippen molar-refractivity contribution in [3.05, 3.63) is 47.5 Å². The van der Waals surface area contributed by atoms with Crippen molar-refractivity contribution >= 4 is 5.91 Å². The Morgan fingerprint density at radius 2 is 2.08 bits per heavy atom. The van der Waals surface area contributed by atoms with Crippen LogP contribution in [-0.4, -0.2) is 26.2 Å². The molecule has 128 valence electrons. The molecule has 0 saturated heterocycles. The lowest BCUT2D eigenvalue weighted by molar-refractivity contribution is -0.131. The maximum Gasteiger partial charge on any atom is 0.223 e. The first-order valence-corrected chi connectivity index (χ1v) is 8.49. The minimum atomic E-state index is -0.722. The summed E-state index contributed by atoms with van der Waals surface area (Å²) < 4.78 is 0. The quantitative estimate of drug-likeness (QED) is 0.759. The van der Waals surface area contributed by atoms with Crippen LogP contribution in [0.15, 0.2) is 30.3 Å². The Morgan fingerprint density at radius 3 is 2.67 bits per heavy atom. The molecular weight excluding hydrogens is 304 g/mol. The molecule has 1 heterocycles. The number of amides is 1. The number of carbonyl (C=O) groups is 1. The van der Waals surface area contributed by atoms with Crippen molar-refractivity contribution < 1.29 is 9.90 Å². The van der Waals surface area contributed by atoms with Crippen LogP contribution in [0, 0.1) is 11.8 Å². The highest BCUT2D eigenvalue weighted by atomic mass is 16.3. The summed E-state index contributed by atoms with van der Waals surface area (Å²) in [4.78, 5) is 16.7. The van der Waals surface area contributed by atoms with Crippen LogP contribution in [0.3, 0.4) is 0 Å². The molecule has 1 aromatic carbocycles. The molecule has 3 rings (SSSR count). The number of benzene rings is 1. The molecule has 1 fully saturated rings. The molecule has 4 atom stereocenters. The molecule has 0 aliphatic heterocycles. The fraction of sp³-hybridized carbons (Fsp3) is 0.500. The van der Waals surface area contributed by atoms with Crippen LogP contribution in [0.4, 0.5) is 0 Å². The van der Waals surface area contributed by atoms with E-state index in [-0.39, 0.29) is 17.9 Å². The third-order valence-electron chi connectivity index (χ3n) is 4.76. The summed E-state index contributed by atoms with van der Waals surface area (Å²) in [5, 5.41) is 19.2. The Morgan fingerprint density at radius 1 is 1.33 bits per heavy atom. The molecule has 6 nitrogen and oxygen atoms in total. The van der Waals surface area contributed by atoms with Gasteiger partial charge in [-0.3, -0.25) is 9.89 Å². The van der Waals surface area contributed by atoms with Crippen molar-refractivity contribution in [1.29, 1.82) is 0 Å². The number of aliphatic hydroxyl groups excluding tert-OH is 1. The van der Waals surface area contributed by atoms with Gasteiger partial charge in [-0.1, -0.05) is 30.3 Å². The van der Waals surface area contributed by atoms with Crippen molar-refractivity contribution in [3.8, 4) is 0 Å². The lowest BCUT2D eigenvalue weighted by atomic mass is 9.70. The Bertz CT molecular complexity index is 683. The van der Waals surface area contributed by atoms with Gasteiger partial charge in [0.2, 0.25) is 5.91 Å². The van der Waals surface area contributed by atoms with Crippen LogP contribution in [0.5, 0.6) is 0 Å². The molecule has 1 saturated carbocycles. The number of aromatic amines is 1. The zero-order valence-electron chi connectivity index (χ0n) is 14.1. The monoisotopic (exact) mass is 328 g/mol. The first-order chi connectivity index (χ1) is 11.5. The highest BCUT2D eigenvalue weighted by molar-refractivity contribution is 5.80. The van der Waals surface area contributed by atoms with Crippen LogP contribution in [0.1, 0.15) is 56.0 Å². The van der Waals surface area contributed by atoms with E-state index in [4.69, 9.17) is 0 Å². The smallest absolute Gasteiger partial charge is 0.223 e. The minimum absolute atomic E-state index is 0.0619. The van der Waals surface area contributed by atoms with Crippen LogP contribution in [-0.2, 0) is 11.2 Å². The summed E-state index contributed by atoms with van der Waals surface area (Å²) in [5.41, 5.74) is 1.28. The van der Waals surface area contributed by atoms with E-state index in [0.717, 1.165) is 19.3 Å². The highest BCUT2D eigenvalue weighted by Crippen LogP contribution is 2.37. The number of H-pyrrole nitrogens is 1. The Labute approximate surface area is 141 Å². The van der Waals surface area contributed by atoms with Crippen molar-refractivity contribution in [3.63, 3.8) is 0 Å². The maximum atomic E-state index is 12.5. The molecule has 0 bridgehead atoms. The zero-order chi connectivity index (χ0) is 17.1. The van der Waals surface area contributed by atoms with Gasteiger partial charge in [-0.2, -0.15) is 5.10 Å². The lowest BCUT2D eigenvalue weighted by Gasteiger charge is -2.36. The lowest BCUT2D eigenvalue weighted by Crippen LogP contribution is -2.42. The predicted octanol–water partition coefficient (Wildman–Crippen LogP) is 2.30. The van der Waals surface area contributed by atoms with E-state index in [0.29, 0.717) is 17.6 Å². The standard InChI is InChI=1S/C18H24N4O2/c1-11(16-20-17(12(2)23)22-21-16)19-18(24)15-9-8-14(15)10-13-6-4-3-5-7-13/h3-7,11-12,14-15,23H,8-10H2,1-2H3,(H,19,24)(H,20,21,22)/t11?,12?,14-,15-/m1/s1. The minimum Gasteiger partial charge on any atom is -0.385 e. The third kappa shape index (κ3) is 3.64. The summed E-state index contributed by atoms with van der Waals surface area (Å²) in [6, 6.07) is 10.1. The normalized spacial score (nSPS) is 22.5. The van der Waals surface area contributed by atoms with Gasteiger partial charge in [-0.05, 0) is 44.6 Å². The van der Waals surface area contributed by atoms with Gasteiger partial charge in [0.05, 0.1) is 6.04 Å². The molecule has 1 aliphatic carbocycles. The summed E-state index contributed by atoms with van der Waals surface area (Å²) in [6.45, 7) is 3.48. The number of nitrogens with zero attached hydrogens (tertiary/aromatic N) is 2. The van der Waals surface area contributed by atoms with Crippen LogP contribution in [0.25, 0.3) is 0 Å². The fourth-order valence-corrected chi connectivity index (χ4v) is 3.13. The maximum absolute atomic E-state index is 12.5. The average molecular weight is 328 g/mol. The van der Waals surface area contributed by atoms with Crippen LogP contribution >= 0.6 is 0 Å². The van der Waals surface area contributed by atoms with Crippen molar-refractivity contribution in [2.24, 2.45) is 11.8 Å². The van der Waals surface area contributed by atoms with E-state index >= 15 is 0 Å². The molecule has 1 aliphatic rings. The first kappa shape index (κ1) is 16.6. The molecular formula is C18H24N4O2. The molecule has 6 heteroatoms. The van der Waals surface area contributed by atoms with Gasteiger partial charge in [0.15, 0.2) is 5.82 Å². The van der Waals surface area contributed by atoms with Gasteiger partial charge in [0, 0.05) is 5.92 Å². The van der Waals surface area contributed by atoms with E-state index in [1.807, 2.05) is 25.1 Å². The van der Waals surface area contributed by atoms with E-state index in [2.05, 4.69) is 32.6 Å². The molecule has 24 heavy (non-hydrogen) atoms. The van der Waals surface area contributed by atoms with Crippen LogP contribution in [0.2, 0.25) is 0 Å². The second kappa shape index (κ2) is 7.13. The third-order valence-corrected chi connectivity index (χ3v) is 4.76. The zero-order valence-corrected chi connectivity index (χ0v) is 14.1. The molecule has 1 amide bonds. The highest BCUT2D eigenvalue weighted by Gasteiger charge is 2.37. The number of nitrogens with one attached hydrogen (secondary N) is 2. The van der Waals surface area contributed by atoms with E-state index in [1.54, 1.807) is 6.92 Å². The topological polar surface area (TPSA) is 90.9 Å². The van der Waals surface area contributed by atoms with Gasteiger partial charge >= 0.3 is 0 Å². The van der Waals surface area contributed by atoms with Gasteiger partial charge in [0.25, 0.3) is 0 Å². The van der Waals surface area contributed by atoms with Gasteiger partial charge in [-0.25, -0.2) is 4.98 Å². The fourth-order valence-electron chi connectivity index (χ4n) is 3.13. The summed E-state index contributed by atoms with van der Waals surface area (Å²) in [7, 11) is 0. The van der Waals surface area contributed by atoms with Gasteiger partial charge < -0.3 is 10.4 Å². The Balaban J connectivity index is 1.56. The van der Waals surface area contributed by atoms with E-state index < -0.39 is 6.10 Å². The SMILES string of the molecule is CC(O)c1n[nH]c(C(C)NC(=O)[C@@H]2CC[C@@H]2Cc2ccccc2)n1. The second-order valence-corrected chi connectivity index (χ2v) is 6.62. The molecule has 3 N–H and O–H groups in total. The number of hydrogen-bond donors (Lipinski definition) is 3. The second-order valence-electron chi connectivity index (χ2n) is 6.62. The number of aromatic nitrogens is 3. The van der Waals surface area contributed by atoms with E-state index in [9.17, 15) is 9.90 Å². The average Bonchev–Trinajstić information content (AvgIpc) is 3.03. The molecule has 2 aromatic rings. The number of hydrogen-bond acceptors (Lipinski definition) is 4. The summed E-state index contributed by atoms with van der Waals surface area (Å²) >= 11 is 0. The Hall–Kier alpha value is -2.21. The number of carbonyl (C=O) groups excluding carboxylic acids is 1. The number of rotatable bonds is 6. The molecule has 0 spiro atoms. The van der Waals surface area contributed by atoms with Crippen molar-refractivity contribution in [1.82, 2.24) is 20.5 Å².